The van der Waals surface area contributed by atoms with Gasteiger partial charge in [0.25, 0.3) is 0 Å². The van der Waals surface area contributed by atoms with Crippen LogP contribution in [0.1, 0.15) is 33.1 Å². The number of primary amides is 1. The van der Waals surface area contributed by atoms with Gasteiger partial charge >= 0.3 is 6.09 Å². The maximum atomic E-state index is 10.6. The third kappa shape index (κ3) is 2.76. The quantitative estimate of drug-likeness (QED) is 0.667. The van der Waals surface area contributed by atoms with Crippen LogP contribution in [0, 0.1) is 5.92 Å². The molecule has 3 heteroatoms. The highest BCUT2D eigenvalue weighted by Gasteiger charge is 2.32. The Morgan fingerprint density at radius 3 is 2.69 bits per heavy atom. The van der Waals surface area contributed by atoms with Gasteiger partial charge in [-0.15, -0.1) is 0 Å². The minimum absolute atomic E-state index is 0.394. The first kappa shape index (κ1) is 10.1. The highest BCUT2D eigenvalue weighted by molar-refractivity contribution is 5.65. The molecule has 0 aliphatic heterocycles. The Morgan fingerprint density at radius 1 is 1.54 bits per heavy atom. The summed E-state index contributed by atoms with van der Waals surface area (Å²) in [7, 11) is 0. The average Bonchev–Trinajstić information content (AvgIpc) is 2.04. The van der Waals surface area contributed by atoms with E-state index in [-0.39, 0.29) is 0 Å². The lowest BCUT2D eigenvalue weighted by atomic mass is 9.81. The van der Waals surface area contributed by atoms with Crippen molar-refractivity contribution < 1.29 is 9.53 Å². The van der Waals surface area contributed by atoms with Crippen LogP contribution in [0.3, 0.4) is 0 Å². The standard InChI is InChI=1S/C10H17NO2/c1-10(2,13-9(11)12)8-6-4-3-5-7-8/h3-4,8H,5-7H2,1-2H3,(H2,11,12). The molecule has 0 spiro atoms. The zero-order valence-corrected chi connectivity index (χ0v) is 8.25. The SMILES string of the molecule is CC(C)(OC(N)=O)C1CC=CCC1. The van der Waals surface area contributed by atoms with Gasteiger partial charge < -0.3 is 10.5 Å². The lowest BCUT2D eigenvalue weighted by molar-refractivity contribution is -0.00437. The summed E-state index contributed by atoms with van der Waals surface area (Å²) in [6, 6.07) is 0. The Kier molecular flexibility index (Phi) is 2.96. The van der Waals surface area contributed by atoms with Gasteiger partial charge in [-0.05, 0) is 33.1 Å². The largest absolute Gasteiger partial charge is 0.443 e. The molecule has 1 unspecified atom stereocenters. The molecule has 13 heavy (non-hydrogen) atoms. The molecule has 3 nitrogen and oxygen atoms in total. The van der Waals surface area contributed by atoms with E-state index in [0.717, 1.165) is 19.3 Å². The molecule has 0 radical (unpaired) electrons. The van der Waals surface area contributed by atoms with Gasteiger partial charge in [0, 0.05) is 5.92 Å². The molecular formula is C10H17NO2. The summed E-state index contributed by atoms with van der Waals surface area (Å²) in [6.45, 7) is 3.84. The van der Waals surface area contributed by atoms with Crippen molar-refractivity contribution in [3.05, 3.63) is 12.2 Å². The van der Waals surface area contributed by atoms with Crippen molar-refractivity contribution in [2.45, 2.75) is 38.7 Å². The van der Waals surface area contributed by atoms with E-state index >= 15 is 0 Å². The van der Waals surface area contributed by atoms with E-state index in [9.17, 15) is 4.79 Å². The third-order valence-corrected chi connectivity index (χ3v) is 2.62. The van der Waals surface area contributed by atoms with Crippen LogP contribution in [0.5, 0.6) is 0 Å². The predicted molar refractivity (Wildman–Crippen MR) is 51.2 cm³/mol. The topological polar surface area (TPSA) is 52.3 Å². The number of allylic oxidation sites excluding steroid dienone is 2. The van der Waals surface area contributed by atoms with E-state index in [1.807, 2.05) is 13.8 Å². The summed E-state index contributed by atoms with van der Waals surface area (Å²) in [5.41, 5.74) is 4.57. The maximum Gasteiger partial charge on any atom is 0.405 e. The summed E-state index contributed by atoms with van der Waals surface area (Å²) in [5.74, 6) is 0.394. The van der Waals surface area contributed by atoms with Gasteiger partial charge in [-0.25, -0.2) is 4.79 Å². The second kappa shape index (κ2) is 3.81. The first-order chi connectivity index (χ1) is 6.02. The first-order valence-corrected chi connectivity index (χ1v) is 4.66. The fraction of sp³-hybridized carbons (Fsp3) is 0.700. The fourth-order valence-electron chi connectivity index (χ4n) is 1.77. The maximum absolute atomic E-state index is 10.6. The molecule has 2 N–H and O–H groups in total. The number of ether oxygens (including phenoxy) is 1. The van der Waals surface area contributed by atoms with Crippen LogP contribution in [0.4, 0.5) is 4.79 Å². The highest BCUT2D eigenvalue weighted by Crippen LogP contribution is 2.31. The molecule has 0 aromatic heterocycles. The highest BCUT2D eigenvalue weighted by atomic mass is 16.6. The van der Waals surface area contributed by atoms with Crippen LogP contribution < -0.4 is 5.73 Å². The Labute approximate surface area is 78.9 Å². The van der Waals surface area contributed by atoms with Crippen LogP contribution in [0.2, 0.25) is 0 Å². The van der Waals surface area contributed by atoms with Gasteiger partial charge in [0.1, 0.15) is 5.60 Å². The molecule has 1 aliphatic rings. The van der Waals surface area contributed by atoms with Crippen LogP contribution in [-0.2, 0) is 4.74 Å². The van der Waals surface area contributed by atoms with Crippen LogP contribution in [0.25, 0.3) is 0 Å². The number of hydrogen-bond acceptors (Lipinski definition) is 2. The predicted octanol–water partition coefficient (Wildman–Crippen LogP) is 2.22. The second-order valence-corrected chi connectivity index (χ2v) is 4.01. The van der Waals surface area contributed by atoms with Gasteiger partial charge in [0.15, 0.2) is 0 Å². The Morgan fingerprint density at radius 2 is 2.23 bits per heavy atom. The first-order valence-electron chi connectivity index (χ1n) is 4.66. The number of hydrogen-bond donors (Lipinski definition) is 1. The molecule has 1 amide bonds. The van der Waals surface area contributed by atoms with Crippen molar-refractivity contribution in [3.63, 3.8) is 0 Å². The van der Waals surface area contributed by atoms with Crippen molar-refractivity contribution in [1.29, 1.82) is 0 Å². The lowest BCUT2D eigenvalue weighted by Crippen LogP contribution is -2.38. The van der Waals surface area contributed by atoms with Crippen molar-refractivity contribution in [2.24, 2.45) is 11.7 Å². The monoisotopic (exact) mass is 183 g/mol. The van der Waals surface area contributed by atoms with Crippen LogP contribution in [0.15, 0.2) is 12.2 Å². The van der Waals surface area contributed by atoms with E-state index in [2.05, 4.69) is 12.2 Å². The van der Waals surface area contributed by atoms with Gasteiger partial charge in [0.2, 0.25) is 0 Å². The number of nitrogens with two attached hydrogens (primary N) is 1. The molecule has 74 valence electrons. The Balaban J connectivity index is 2.57. The van der Waals surface area contributed by atoms with Gasteiger partial charge in [-0.2, -0.15) is 0 Å². The minimum atomic E-state index is -0.681. The van der Waals surface area contributed by atoms with E-state index in [1.54, 1.807) is 0 Å². The van der Waals surface area contributed by atoms with Gasteiger partial charge in [-0.3, -0.25) is 0 Å². The molecule has 0 aromatic carbocycles. The minimum Gasteiger partial charge on any atom is -0.443 e. The van der Waals surface area contributed by atoms with Crippen molar-refractivity contribution in [2.75, 3.05) is 0 Å². The summed E-state index contributed by atoms with van der Waals surface area (Å²) < 4.78 is 5.08. The molecule has 1 atom stereocenters. The summed E-state index contributed by atoms with van der Waals surface area (Å²) in [5, 5.41) is 0. The lowest BCUT2D eigenvalue weighted by Gasteiger charge is -2.34. The van der Waals surface area contributed by atoms with Gasteiger partial charge in [-0.1, -0.05) is 12.2 Å². The number of carbonyl (C=O) groups is 1. The molecular weight excluding hydrogens is 166 g/mol. The normalized spacial score (nSPS) is 22.8. The van der Waals surface area contributed by atoms with E-state index in [0.29, 0.717) is 5.92 Å². The summed E-state index contributed by atoms with van der Waals surface area (Å²) in [4.78, 5) is 10.6. The number of rotatable bonds is 2. The average molecular weight is 183 g/mol. The molecule has 0 heterocycles. The van der Waals surface area contributed by atoms with Crippen molar-refractivity contribution in [3.8, 4) is 0 Å². The zero-order valence-electron chi connectivity index (χ0n) is 8.25. The second-order valence-electron chi connectivity index (χ2n) is 4.01. The van der Waals surface area contributed by atoms with Crippen molar-refractivity contribution in [1.82, 2.24) is 0 Å². The molecule has 0 aromatic rings. The smallest absolute Gasteiger partial charge is 0.405 e. The Hall–Kier alpha value is -0.990. The molecule has 1 aliphatic carbocycles. The molecule has 0 bridgehead atoms. The van der Waals surface area contributed by atoms with E-state index in [1.165, 1.54) is 0 Å². The fourth-order valence-corrected chi connectivity index (χ4v) is 1.77. The number of amides is 1. The van der Waals surface area contributed by atoms with E-state index in [4.69, 9.17) is 10.5 Å². The molecule has 1 rings (SSSR count). The molecule has 0 saturated carbocycles. The molecule has 0 saturated heterocycles. The van der Waals surface area contributed by atoms with Gasteiger partial charge in [0.05, 0.1) is 0 Å². The van der Waals surface area contributed by atoms with Crippen LogP contribution in [-0.4, -0.2) is 11.7 Å². The number of carbonyl (C=O) groups excluding carboxylic acids is 1. The third-order valence-electron chi connectivity index (χ3n) is 2.62. The summed E-state index contributed by atoms with van der Waals surface area (Å²) in [6.07, 6.45) is 6.73. The van der Waals surface area contributed by atoms with Crippen LogP contribution >= 0.6 is 0 Å². The zero-order chi connectivity index (χ0) is 9.90. The Bertz CT molecular complexity index is 221. The summed E-state index contributed by atoms with van der Waals surface area (Å²) >= 11 is 0. The van der Waals surface area contributed by atoms with Crippen molar-refractivity contribution >= 4 is 6.09 Å². The molecule has 0 fully saturated rings. The van der Waals surface area contributed by atoms with E-state index < -0.39 is 11.7 Å².